The molecule has 1 N–H and O–H groups in total. The molecule has 10 heteroatoms. The number of ether oxygens (including phenoxy) is 1. The monoisotopic (exact) mass is 424 g/mol. The summed E-state index contributed by atoms with van der Waals surface area (Å²) >= 11 is 0. The van der Waals surface area contributed by atoms with Crippen LogP contribution in [0.1, 0.15) is 26.3 Å². The lowest BCUT2D eigenvalue weighted by Gasteiger charge is -2.19. The van der Waals surface area contributed by atoms with Crippen LogP contribution in [0, 0.1) is 0 Å². The van der Waals surface area contributed by atoms with Crippen molar-refractivity contribution >= 4 is 26.0 Å². The quantitative estimate of drug-likeness (QED) is 0.801. The van der Waals surface area contributed by atoms with Crippen LogP contribution in [-0.2, 0) is 30.3 Å². The van der Waals surface area contributed by atoms with Crippen LogP contribution in [-0.4, -0.2) is 33.2 Å². The minimum Gasteiger partial charge on any atom is -0.484 e. The normalized spacial score (nSPS) is 17.7. The first kappa shape index (κ1) is 20.3. The molecule has 1 amide bonds. The van der Waals surface area contributed by atoms with Gasteiger partial charge in [0.2, 0.25) is 0 Å². The summed E-state index contributed by atoms with van der Waals surface area (Å²) in [4.78, 5) is 11.4. The fourth-order valence-corrected chi connectivity index (χ4v) is 6.73. The summed E-state index contributed by atoms with van der Waals surface area (Å²) in [6, 6.07) is 12.2. The summed E-state index contributed by atoms with van der Waals surface area (Å²) in [5.74, 6) is -0.515. The highest BCUT2D eigenvalue weighted by molar-refractivity contribution is 8.06. The molecule has 0 radical (unpaired) electrons. The van der Waals surface area contributed by atoms with Crippen molar-refractivity contribution in [1.29, 1.82) is 0 Å². The predicted octanol–water partition coefficient (Wildman–Crippen LogP) is 1.79. The van der Waals surface area contributed by atoms with Crippen LogP contribution in [0.15, 0.2) is 58.3 Å². The number of hydrogen-bond donors (Lipinski definition) is 1. The second-order valence-corrected chi connectivity index (χ2v) is 11.0. The van der Waals surface area contributed by atoms with Gasteiger partial charge < -0.3 is 4.74 Å². The van der Waals surface area contributed by atoms with E-state index in [1.807, 2.05) is 17.6 Å². The number of amides is 1. The summed E-state index contributed by atoms with van der Waals surface area (Å²) in [7, 11) is -8.79. The van der Waals surface area contributed by atoms with Gasteiger partial charge in [0, 0.05) is 3.82 Å². The SMILES string of the molecule is CC(C)(C)c1ccc(OCC(=O)NN2S(=O)(=O)c3ccccc3S2(=O)=O)cc1. The van der Waals surface area contributed by atoms with Crippen LogP contribution < -0.4 is 10.2 Å². The molecule has 1 aliphatic rings. The molecule has 0 aliphatic carbocycles. The van der Waals surface area contributed by atoms with Crippen molar-refractivity contribution < 1.29 is 26.4 Å². The number of rotatable bonds is 4. The first-order valence-electron chi connectivity index (χ1n) is 8.36. The molecule has 0 spiro atoms. The topological polar surface area (TPSA) is 110 Å². The van der Waals surface area contributed by atoms with Crippen LogP contribution in [0.25, 0.3) is 0 Å². The van der Waals surface area contributed by atoms with Gasteiger partial charge >= 0.3 is 0 Å². The van der Waals surface area contributed by atoms with Gasteiger partial charge in [0.15, 0.2) is 6.61 Å². The summed E-state index contributed by atoms with van der Waals surface area (Å²) in [5, 5.41) is 0. The lowest BCUT2D eigenvalue weighted by molar-refractivity contribution is -0.124. The smallest absolute Gasteiger partial charge is 0.275 e. The Morgan fingerprint density at radius 1 is 0.929 bits per heavy atom. The number of fused-ring (bicyclic) bond motifs is 1. The van der Waals surface area contributed by atoms with Crippen LogP contribution in [0.4, 0.5) is 0 Å². The van der Waals surface area contributed by atoms with E-state index in [4.69, 9.17) is 4.74 Å². The zero-order valence-corrected chi connectivity index (χ0v) is 17.2. The number of carbonyl (C=O) groups excluding carboxylic acids is 1. The maximum atomic E-state index is 12.4. The summed E-state index contributed by atoms with van der Waals surface area (Å²) in [6.07, 6.45) is 0. The molecule has 0 fully saturated rings. The molecule has 0 saturated heterocycles. The number of sulfonamides is 2. The van der Waals surface area contributed by atoms with Gasteiger partial charge in [-0.3, -0.25) is 10.2 Å². The Morgan fingerprint density at radius 2 is 1.43 bits per heavy atom. The van der Waals surface area contributed by atoms with E-state index in [0.717, 1.165) is 5.56 Å². The second-order valence-electron chi connectivity index (χ2n) is 7.25. The molecule has 0 saturated carbocycles. The van der Waals surface area contributed by atoms with E-state index < -0.39 is 32.6 Å². The molecule has 1 aliphatic heterocycles. The number of hydrogen-bond acceptors (Lipinski definition) is 6. The predicted molar refractivity (Wildman–Crippen MR) is 101 cm³/mol. The van der Waals surface area contributed by atoms with E-state index >= 15 is 0 Å². The number of carbonyl (C=O) groups is 1. The molecule has 0 bridgehead atoms. The Kier molecular flexibility index (Phi) is 4.98. The van der Waals surface area contributed by atoms with Gasteiger partial charge in [0.1, 0.15) is 15.5 Å². The highest BCUT2D eigenvalue weighted by Crippen LogP contribution is 2.34. The van der Waals surface area contributed by atoms with Gasteiger partial charge in [-0.15, -0.1) is 0 Å². The minimum atomic E-state index is -4.40. The van der Waals surface area contributed by atoms with Crippen molar-refractivity contribution in [3.63, 3.8) is 0 Å². The van der Waals surface area contributed by atoms with Crippen LogP contribution in [0.3, 0.4) is 0 Å². The van der Waals surface area contributed by atoms with Crippen LogP contribution in [0.2, 0.25) is 0 Å². The van der Waals surface area contributed by atoms with E-state index in [1.54, 1.807) is 12.1 Å². The summed E-state index contributed by atoms with van der Waals surface area (Å²) in [5.41, 5.74) is 2.95. The third-order valence-electron chi connectivity index (χ3n) is 4.15. The lowest BCUT2D eigenvalue weighted by Crippen LogP contribution is -2.47. The number of nitrogens with zero attached hydrogens (tertiary/aromatic N) is 1. The fourth-order valence-electron chi connectivity index (χ4n) is 2.64. The number of benzene rings is 2. The highest BCUT2D eigenvalue weighted by atomic mass is 32.3. The summed E-state index contributed by atoms with van der Waals surface area (Å²) in [6.45, 7) is 5.63. The molecule has 0 aromatic heterocycles. The van der Waals surface area contributed by atoms with Gasteiger partial charge in [-0.1, -0.05) is 45.0 Å². The molecule has 150 valence electrons. The Balaban J connectivity index is 1.71. The standard InChI is InChI=1S/C18H20N2O6S2/c1-18(2,3)13-8-10-14(11-9-13)26-12-17(21)19-20-27(22,23)15-6-4-5-7-16(15)28(20,24)25/h4-11H,12H2,1-3H3,(H,19,21). The number of nitrogens with one attached hydrogen (secondary N) is 1. The van der Waals surface area contributed by atoms with Crippen molar-refractivity contribution in [2.75, 3.05) is 6.61 Å². The molecular formula is C18H20N2O6S2. The first-order valence-corrected chi connectivity index (χ1v) is 11.2. The van der Waals surface area contributed by atoms with Gasteiger partial charge in [0.05, 0.1) is 0 Å². The Morgan fingerprint density at radius 3 is 1.89 bits per heavy atom. The van der Waals surface area contributed by atoms with E-state index in [-0.39, 0.29) is 19.0 Å². The van der Waals surface area contributed by atoms with E-state index in [1.165, 1.54) is 24.3 Å². The van der Waals surface area contributed by atoms with Gasteiger partial charge in [-0.2, -0.15) is 0 Å². The third kappa shape index (κ3) is 3.62. The molecular weight excluding hydrogens is 404 g/mol. The summed E-state index contributed by atoms with van der Waals surface area (Å²) < 4.78 is 55.0. The zero-order chi connectivity index (χ0) is 20.7. The molecule has 2 aromatic carbocycles. The zero-order valence-electron chi connectivity index (χ0n) is 15.5. The Labute approximate surface area is 164 Å². The van der Waals surface area contributed by atoms with Crippen LogP contribution in [0.5, 0.6) is 5.75 Å². The molecule has 0 unspecified atom stereocenters. The van der Waals surface area contributed by atoms with E-state index in [2.05, 4.69) is 20.8 Å². The number of hydrazine groups is 1. The second kappa shape index (κ2) is 6.87. The van der Waals surface area contributed by atoms with Crippen molar-refractivity contribution in [2.24, 2.45) is 0 Å². The third-order valence-corrected chi connectivity index (χ3v) is 8.33. The highest BCUT2D eigenvalue weighted by Gasteiger charge is 2.48. The Hall–Kier alpha value is -2.43. The van der Waals surface area contributed by atoms with E-state index in [9.17, 15) is 21.6 Å². The molecule has 2 aromatic rings. The van der Waals surface area contributed by atoms with Crippen LogP contribution >= 0.6 is 0 Å². The van der Waals surface area contributed by atoms with Gasteiger partial charge in [-0.05, 0) is 35.2 Å². The van der Waals surface area contributed by atoms with Crippen molar-refractivity contribution in [1.82, 2.24) is 9.25 Å². The van der Waals surface area contributed by atoms with Crippen molar-refractivity contribution in [3.05, 3.63) is 54.1 Å². The molecule has 0 atom stereocenters. The fraction of sp³-hybridized carbons (Fsp3) is 0.278. The largest absolute Gasteiger partial charge is 0.484 e. The maximum Gasteiger partial charge on any atom is 0.275 e. The Bertz CT molecular complexity index is 1060. The maximum absolute atomic E-state index is 12.4. The molecule has 28 heavy (non-hydrogen) atoms. The first-order chi connectivity index (χ1) is 12.9. The molecule has 1 heterocycles. The minimum absolute atomic E-state index is 0.0148. The van der Waals surface area contributed by atoms with E-state index in [0.29, 0.717) is 5.75 Å². The average Bonchev–Trinajstić information content (AvgIpc) is 2.78. The van der Waals surface area contributed by atoms with Gasteiger partial charge in [-0.25, -0.2) is 16.8 Å². The van der Waals surface area contributed by atoms with Crippen molar-refractivity contribution in [3.8, 4) is 5.75 Å². The van der Waals surface area contributed by atoms with Crippen molar-refractivity contribution in [2.45, 2.75) is 36.0 Å². The lowest BCUT2D eigenvalue weighted by atomic mass is 9.87. The molecule has 3 rings (SSSR count). The van der Waals surface area contributed by atoms with Gasteiger partial charge in [0.25, 0.3) is 26.0 Å². The average molecular weight is 425 g/mol. The molecule has 8 nitrogen and oxygen atoms in total.